The summed E-state index contributed by atoms with van der Waals surface area (Å²) in [6, 6.07) is 27.9. The van der Waals surface area contributed by atoms with Gasteiger partial charge in [-0.2, -0.15) is 0 Å². The summed E-state index contributed by atoms with van der Waals surface area (Å²) < 4.78 is 0.187. The van der Waals surface area contributed by atoms with Crippen LogP contribution in [-0.2, 0) is 41.2 Å². The molecule has 0 radical (unpaired) electrons. The van der Waals surface area contributed by atoms with Crippen molar-refractivity contribution in [2.24, 2.45) is 11.8 Å². The molecule has 0 aliphatic heterocycles. The topological polar surface area (TPSA) is 0 Å². The van der Waals surface area contributed by atoms with E-state index in [0.29, 0.717) is 11.8 Å². The summed E-state index contributed by atoms with van der Waals surface area (Å²) in [4.78, 5) is 0. The molecule has 2 aliphatic carbocycles. The second-order valence-electron chi connectivity index (χ2n) is 16.8. The van der Waals surface area contributed by atoms with Crippen LogP contribution >= 0.6 is 17.0 Å². The van der Waals surface area contributed by atoms with E-state index in [1.807, 2.05) is 0 Å². The van der Waals surface area contributed by atoms with Crippen LogP contribution in [0.15, 0.2) is 83.9 Å². The molecule has 0 bridgehead atoms. The molecule has 275 valence electrons. The van der Waals surface area contributed by atoms with E-state index in [2.05, 4.69) is 153 Å². The molecule has 0 saturated carbocycles. The van der Waals surface area contributed by atoms with E-state index in [-0.39, 0.29) is 7.25 Å². The van der Waals surface area contributed by atoms with E-state index in [4.69, 9.17) is 17.0 Å². The van der Waals surface area contributed by atoms with Crippen molar-refractivity contribution in [1.29, 1.82) is 0 Å². The molecule has 4 heteroatoms. The number of benzene rings is 4. The van der Waals surface area contributed by atoms with Crippen molar-refractivity contribution in [3.05, 3.63) is 128 Å². The molecule has 0 spiro atoms. The van der Waals surface area contributed by atoms with Crippen LogP contribution in [-0.4, -0.2) is 5.92 Å². The molecular formula is C48H61Cl2SiZr. The number of aryl methyl sites for hydroxylation is 4. The minimum atomic E-state index is -4.98. The Bertz CT molecular complexity index is 1890. The molecule has 2 unspecified atom stereocenters. The molecule has 6 rings (SSSR count). The van der Waals surface area contributed by atoms with E-state index < -0.39 is 21.5 Å². The van der Waals surface area contributed by atoms with Gasteiger partial charge in [-0.15, -0.1) is 0 Å². The number of halogens is 2. The first-order chi connectivity index (χ1) is 24.8. The number of fused-ring (bicyclic) bond motifs is 2. The molecule has 52 heavy (non-hydrogen) atoms. The van der Waals surface area contributed by atoms with Crippen LogP contribution in [0.2, 0.25) is 13.1 Å². The normalized spacial score (nSPS) is 17.7. The standard InChI is InChI=1S/2C23H27.C2H7Si.2ClH.Zr/c2*1-5-18-9-7-8-10-21(18)23-19(6-2)11-12-20-14-17(13-16(3)4)15-22(20)23;1-3-2;;;/h2*7-12,14-16H,5-6,13H2,1-4H3;3H,1-2H3;2*1H;/q;;;;;+2/p-2. The zero-order chi connectivity index (χ0) is 37.6. The average Bonchev–Trinajstić information content (AvgIpc) is 3.68. The SMILES string of the molecule is CCc1ccccc1-c1c(CC)ccc2c1C=C(CC(C)C)[CH]2[Zr]([Cl])([Cl])([CH]1C(CC(C)C)=Cc2c1ccc(CC)c2-c1ccccc1CC)[SiH](C)C. The molecule has 2 atom stereocenters. The fraction of sp³-hybridized carbons (Fsp3) is 0.417. The molecule has 0 nitrogen and oxygen atoms in total. The van der Waals surface area contributed by atoms with E-state index in [1.54, 1.807) is 0 Å². The third kappa shape index (κ3) is 6.69. The Hall–Kier alpha value is -1.96. The molecule has 4 aromatic rings. The van der Waals surface area contributed by atoms with Crippen LogP contribution in [0, 0.1) is 11.8 Å². The van der Waals surface area contributed by atoms with Gasteiger partial charge in [0.1, 0.15) is 0 Å². The Morgan fingerprint density at radius 2 is 0.904 bits per heavy atom. The van der Waals surface area contributed by atoms with Gasteiger partial charge in [-0.05, 0) is 0 Å². The monoisotopic (exact) mass is 825 g/mol. The number of rotatable bonds is 13. The van der Waals surface area contributed by atoms with Gasteiger partial charge < -0.3 is 0 Å². The fourth-order valence-corrected chi connectivity index (χ4v) is 41.3. The summed E-state index contributed by atoms with van der Waals surface area (Å²) in [6.45, 7) is 23.6. The molecule has 0 fully saturated rings. The first-order valence-corrected chi connectivity index (χ1v) is 36.6. The van der Waals surface area contributed by atoms with Crippen molar-refractivity contribution < 1.29 is 15.6 Å². The third-order valence-corrected chi connectivity index (χ3v) is 64.2. The van der Waals surface area contributed by atoms with Crippen LogP contribution in [0.1, 0.15) is 120 Å². The molecule has 4 aromatic carbocycles. The van der Waals surface area contributed by atoms with Gasteiger partial charge in [0.25, 0.3) is 0 Å². The second kappa shape index (κ2) is 15.6. The summed E-state index contributed by atoms with van der Waals surface area (Å²) in [5.41, 5.74) is 19.8. The van der Waals surface area contributed by atoms with Gasteiger partial charge in [-0.25, -0.2) is 0 Å². The molecule has 0 heterocycles. The average molecular weight is 828 g/mol. The quantitative estimate of drug-likeness (QED) is 0.118. The zero-order valence-corrected chi connectivity index (χ0v) is 38.6. The predicted octanol–water partition coefficient (Wildman–Crippen LogP) is 14.9. The predicted molar refractivity (Wildman–Crippen MR) is 232 cm³/mol. The Labute approximate surface area is 324 Å². The summed E-state index contributed by atoms with van der Waals surface area (Å²) in [5.74, 6) is -0.685. The van der Waals surface area contributed by atoms with Crippen molar-refractivity contribution in [3.63, 3.8) is 0 Å². The van der Waals surface area contributed by atoms with Crippen molar-refractivity contribution in [1.82, 2.24) is 0 Å². The Balaban J connectivity index is 1.69. The van der Waals surface area contributed by atoms with Crippen LogP contribution in [0.5, 0.6) is 0 Å². The van der Waals surface area contributed by atoms with Gasteiger partial charge in [0.2, 0.25) is 0 Å². The second-order valence-corrected chi connectivity index (χ2v) is 59.3. The molecule has 0 N–H and O–H groups in total. The maximum absolute atomic E-state index is 8.97. The van der Waals surface area contributed by atoms with Gasteiger partial charge in [-0.1, -0.05) is 0 Å². The van der Waals surface area contributed by atoms with Crippen molar-refractivity contribution >= 4 is 35.1 Å². The third-order valence-electron chi connectivity index (χ3n) is 12.3. The molecule has 2 aliphatic rings. The Morgan fingerprint density at radius 3 is 1.23 bits per heavy atom. The van der Waals surface area contributed by atoms with E-state index >= 15 is 0 Å². The molecule has 0 amide bonds. The minimum absolute atomic E-state index is 0.0935. The van der Waals surface area contributed by atoms with E-state index in [0.717, 1.165) is 38.5 Å². The zero-order valence-electron chi connectivity index (χ0n) is 33.5. The van der Waals surface area contributed by atoms with Crippen LogP contribution in [0.4, 0.5) is 0 Å². The van der Waals surface area contributed by atoms with Crippen LogP contribution in [0.25, 0.3) is 34.4 Å². The first kappa shape index (κ1) is 39.7. The molecule has 0 aromatic heterocycles. The summed E-state index contributed by atoms with van der Waals surface area (Å²) in [7, 11) is 17.9. The van der Waals surface area contributed by atoms with Crippen LogP contribution in [0.3, 0.4) is 0 Å². The van der Waals surface area contributed by atoms with Crippen LogP contribution < -0.4 is 0 Å². The summed E-state index contributed by atoms with van der Waals surface area (Å²) in [5, 5.41) is 0. The van der Waals surface area contributed by atoms with Gasteiger partial charge in [-0.3, -0.25) is 0 Å². The first-order valence-electron chi connectivity index (χ1n) is 20.3. The van der Waals surface area contributed by atoms with Gasteiger partial charge in [0.15, 0.2) is 0 Å². The van der Waals surface area contributed by atoms with Crippen molar-refractivity contribution in [2.45, 2.75) is 114 Å². The number of hydrogen-bond acceptors (Lipinski definition) is 0. The molecular weight excluding hydrogens is 767 g/mol. The van der Waals surface area contributed by atoms with Gasteiger partial charge >= 0.3 is 327 Å². The van der Waals surface area contributed by atoms with Crippen molar-refractivity contribution in [2.75, 3.05) is 0 Å². The van der Waals surface area contributed by atoms with Gasteiger partial charge in [0.05, 0.1) is 0 Å². The van der Waals surface area contributed by atoms with Gasteiger partial charge in [0, 0.05) is 0 Å². The van der Waals surface area contributed by atoms with Crippen molar-refractivity contribution in [3.8, 4) is 22.3 Å². The van der Waals surface area contributed by atoms with E-state index in [9.17, 15) is 0 Å². The Morgan fingerprint density at radius 1 is 0.538 bits per heavy atom. The Kier molecular flexibility index (Phi) is 12.0. The molecule has 0 saturated heterocycles. The number of hydrogen-bond donors (Lipinski definition) is 0. The number of allylic oxidation sites excluding steroid dienone is 2. The van der Waals surface area contributed by atoms with E-state index in [1.165, 1.54) is 77.9 Å². The maximum atomic E-state index is 8.97. The summed E-state index contributed by atoms with van der Waals surface area (Å²) >= 11 is -4.98. The fourth-order valence-electron chi connectivity index (χ4n) is 9.92. The summed E-state index contributed by atoms with van der Waals surface area (Å²) in [6.07, 6.45) is 11.2.